The van der Waals surface area contributed by atoms with E-state index >= 15 is 0 Å². The maximum Gasteiger partial charge on any atom is 0.337 e. The van der Waals surface area contributed by atoms with E-state index in [1.165, 1.54) is 12.3 Å². The number of carbonyl (C=O) groups is 1. The summed E-state index contributed by atoms with van der Waals surface area (Å²) in [6.45, 7) is 5.16. The molecule has 0 atom stereocenters. The molecule has 0 amide bonds. The largest absolute Gasteiger partial charge is 0.478 e. The number of aliphatic hydroxyl groups excluding tert-OH is 1. The van der Waals surface area contributed by atoms with Crippen LogP contribution in [0.25, 0.3) is 0 Å². The number of nitrogens with one attached hydrogen (secondary N) is 1. The van der Waals surface area contributed by atoms with E-state index in [0.717, 1.165) is 19.4 Å². The number of aromatic nitrogens is 1. The Kier molecular flexibility index (Phi) is 5.09. The summed E-state index contributed by atoms with van der Waals surface area (Å²) in [6, 6.07) is 3.18. The molecule has 1 aromatic heterocycles. The SMILES string of the molecule is CC(C)(CCCO)CNc1ccc(C(=O)O)cn1. The van der Waals surface area contributed by atoms with Gasteiger partial charge in [0.05, 0.1) is 5.56 Å². The summed E-state index contributed by atoms with van der Waals surface area (Å²) in [4.78, 5) is 14.7. The van der Waals surface area contributed by atoms with Crippen LogP contribution in [0.15, 0.2) is 18.3 Å². The van der Waals surface area contributed by atoms with Gasteiger partial charge < -0.3 is 15.5 Å². The van der Waals surface area contributed by atoms with Gasteiger partial charge in [0.2, 0.25) is 0 Å². The molecule has 0 saturated carbocycles. The third-order valence-electron chi connectivity index (χ3n) is 2.77. The lowest BCUT2D eigenvalue weighted by Gasteiger charge is -2.24. The molecule has 0 aliphatic carbocycles. The van der Waals surface area contributed by atoms with Gasteiger partial charge in [0, 0.05) is 19.3 Å². The highest BCUT2D eigenvalue weighted by molar-refractivity contribution is 5.87. The van der Waals surface area contributed by atoms with Crippen molar-refractivity contribution < 1.29 is 15.0 Å². The first-order valence-electron chi connectivity index (χ1n) is 5.99. The maximum absolute atomic E-state index is 10.7. The zero-order valence-corrected chi connectivity index (χ0v) is 10.8. The fourth-order valence-electron chi connectivity index (χ4n) is 1.60. The van der Waals surface area contributed by atoms with Crippen LogP contribution in [0.4, 0.5) is 5.82 Å². The van der Waals surface area contributed by atoms with E-state index < -0.39 is 5.97 Å². The lowest BCUT2D eigenvalue weighted by Crippen LogP contribution is -2.23. The molecule has 1 aromatic rings. The smallest absolute Gasteiger partial charge is 0.337 e. The molecule has 18 heavy (non-hydrogen) atoms. The van der Waals surface area contributed by atoms with Crippen molar-refractivity contribution in [2.24, 2.45) is 5.41 Å². The fourth-order valence-corrected chi connectivity index (χ4v) is 1.60. The van der Waals surface area contributed by atoms with Crippen molar-refractivity contribution in [3.63, 3.8) is 0 Å². The summed E-state index contributed by atoms with van der Waals surface area (Å²) < 4.78 is 0. The summed E-state index contributed by atoms with van der Waals surface area (Å²) in [5, 5.41) is 20.7. The average Bonchev–Trinajstić information content (AvgIpc) is 2.35. The van der Waals surface area contributed by atoms with Gasteiger partial charge in [0.1, 0.15) is 5.82 Å². The minimum absolute atomic E-state index is 0.0654. The van der Waals surface area contributed by atoms with E-state index in [9.17, 15) is 4.79 Å². The van der Waals surface area contributed by atoms with Gasteiger partial charge in [-0.25, -0.2) is 9.78 Å². The molecular weight excluding hydrogens is 232 g/mol. The number of hydrogen-bond donors (Lipinski definition) is 3. The summed E-state index contributed by atoms with van der Waals surface area (Å²) in [5.74, 6) is -0.311. The van der Waals surface area contributed by atoms with Gasteiger partial charge in [0.15, 0.2) is 0 Å². The number of rotatable bonds is 7. The first-order chi connectivity index (χ1) is 8.44. The molecule has 0 unspecified atom stereocenters. The molecule has 0 saturated heterocycles. The highest BCUT2D eigenvalue weighted by Crippen LogP contribution is 2.22. The predicted octanol–water partition coefficient (Wildman–Crippen LogP) is 1.99. The lowest BCUT2D eigenvalue weighted by molar-refractivity contribution is 0.0696. The predicted molar refractivity (Wildman–Crippen MR) is 69.8 cm³/mol. The monoisotopic (exact) mass is 252 g/mol. The van der Waals surface area contributed by atoms with Crippen LogP contribution in [0.2, 0.25) is 0 Å². The molecule has 5 nitrogen and oxygen atoms in total. The number of anilines is 1. The molecule has 1 heterocycles. The van der Waals surface area contributed by atoms with Crippen molar-refractivity contribution in [3.8, 4) is 0 Å². The van der Waals surface area contributed by atoms with Gasteiger partial charge in [-0.05, 0) is 30.4 Å². The quantitative estimate of drug-likeness (QED) is 0.691. The first-order valence-corrected chi connectivity index (χ1v) is 5.99. The molecule has 1 rings (SSSR count). The summed E-state index contributed by atoms with van der Waals surface area (Å²) >= 11 is 0. The first kappa shape index (κ1) is 14.4. The summed E-state index contributed by atoms with van der Waals surface area (Å²) in [5.41, 5.74) is 0.246. The van der Waals surface area contributed by atoms with Gasteiger partial charge in [-0.3, -0.25) is 0 Å². The van der Waals surface area contributed by atoms with Crippen LogP contribution in [0.1, 0.15) is 37.0 Å². The Labute approximate surface area is 107 Å². The molecule has 100 valence electrons. The van der Waals surface area contributed by atoms with E-state index in [0.29, 0.717) is 5.82 Å². The van der Waals surface area contributed by atoms with Crippen molar-refractivity contribution in [2.45, 2.75) is 26.7 Å². The molecule has 3 N–H and O–H groups in total. The number of aliphatic hydroxyl groups is 1. The minimum Gasteiger partial charge on any atom is -0.478 e. The maximum atomic E-state index is 10.7. The van der Waals surface area contributed by atoms with Crippen LogP contribution in [0, 0.1) is 5.41 Å². The van der Waals surface area contributed by atoms with Crippen molar-refractivity contribution in [2.75, 3.05) is 18.5 Å². The Hall–Kier alpha value is -1.62. The average molecular weight is 252 g/mol. The van der Waals surface area contributed by atoms with Crippen LogP contribution in [-0.4, -0.2) is 34.3 Å². The Morgan fingerprint density at radius 3 is 2.67 bits per heavy atom. The molecule has 0 bridgehead atoms. The molecular formula is C13H20N2O3. The molecule has 5 heteroatoms. The van der Waals surface area contributed by atoms with Crippen LogP contribution in [-0.2, 0) is 0 Å². The molecule has 0 aliphatic heterocycles. The Balaban J connectivity index is 2.50. The van der Waals surface area contributed by atoms with Crippen LogP contribution in [0.5, 0.6) is 0 Å². The molecule has 0 spiro atoms. The van der Waals surface area contributed by atoms with Gasteiger partial charge >= 0.3 is 5.97 Å². The van der Waals surface area contributed by atoms with Crippen LogP contribution in [0.3, 0.4) is 0 Å². The van der Waals surface area contributed by atoms with E-state index in [1.807, 2.05) is 0 Å². The van der Waals surface area contributed by atoms with E-state index in [1.54, 1.807) is 6.07 Å². The molecule has 0 fully saturated rings. The lowest BCUT2D eigenvalue weighted by atomic mass is 9.88. The van der Waals surface area contributed by atoms with Gasteiger partial charge in [-0.2, -0.15) is 0 Å². The third-order valence-corrected chi connectivity index (χ3v) is 2.77. The number of nitrogens with zero attached hydrogens (tertiary/aromatic N) is 1. The van der Waals surface area contributed by atoms with Gasteiger partial charge in [-0.1, -0.05) is 13.8 Å². The standard InChI is InChI=1S/C13H20N2O3/c1-13(2,6-3-7-16)9-15-11-5-4-10(8-14-11)12(17)18/h4-5,8,16H,3,6-7,9H2,1-2H3,(H,14,15)(H,17,18). The van der Waals surface area contributed by atoms with E-state index in [2.05, 4.69) is 24.1 Å². The second-order valence-corrected chi connectivity index (χ2v) is 5.08. The normalized spacial score (nSPS) is 11.3. The topological polar surface area (TPSA) is 82.5 Å². The number of carboxylic acids is 1. The van der Waals surface area contributed by atoms with E-state index in [4.69, 9.17) is 10.2 Å². The van der Waals surface area contributed by atoms with Crippen LogP contribution >= 0.6 is 0 Å². The number of aromatic carboxylic acids is 1. The van der Waals surface area contributed by atoms with Crippen molar-refractivity contribution in [3.05, 3.63) is 23.9 Å². The summed E-state index contributed by atoms with van der Waals surface area (Å²) in [6.07, 6.45) is 3.04. The van der Waals surface area contributed by atoms with Gasteiger partial charge in [-0.15, -0.1) is 0 Å². The Bertz CT molecular complexity index is 388. The van der Waals surface area contributed by atoms with Crippen molar-refractivity contribution >= 4 is 11.8 Å². The Morgan fingerprint density at radius 1 is 1.44 bits per heavy atom. The Morgan fingerprint density at radius 2 is 2.17 bits per heavy atom. The number of carboxylic acid groups (broad SMARTS) is 1. The zero-order valence-electron chi connectivity index (χ0n) is 10.8. The number of hydrogen-bond acceptors (Lipinski definition) is 4. The second-order valence-electron chi connectivity index (χ2n) is 5.08. The molecule has 0 aromatic carbocycles. The molecule has 0 aliphatic rings. The highest BCUT2D eigenvalue weighted by atomic mass is 16.4. The van der Waals surface area contributed by atoms with Crippen molar-refractivity contribution in [1.82, 2.24) is 4.98 Å². The second kappa shape index (κ2) is 6.35. The summed E-state index contributed by atoms with van der Waals surface area (Å²) in [7, 11) is 0. The molecule has 0 radical (unpaired) electrons. The number of pyridine rings is 1. The van der Waals surface area contributed by atoms with Gasteiger partial charge in [0.25, 0.3) is 0 Å². The van der Waals surface area contributed by atoms with E-state index in [-0.39, 0.29) is 17.6 Å². The van der Waals surface area contributed by atoms with Crippen LogP contribution < -0.4 is 5.32 Å². The zero-order chi connectivity index (χ0) is 13.6. The third kappa shape index (κ3) is 4.71. The minimum atomic E-state index is -0.975. The fraction of sp³-hybridized carbons (Fsp3) is 0.538. The van der Waals surface area contributed by atoms with Crippen molar-refractivity contribution in [1.29, 1.82) is 0 Å². The highest BCUT2D eigenvalue weighted by Gasteiger charge is 2.17.